The Labute approximate surface area is 197 Å². The van der Waals surface area contributed by atoms with Crippen LogP contribution in [-0.4, -0.2) is 61.6 Å². The van der Waals surface area contributed by atoms with Crippen molar-refractivity contribution >= 4 is 28.7 Å². The van der Waals surface area contributed by atoms with Gasteiger partial charge in [0.1, 0.15) is 11.4 Å². The average molecular weight is 459 g/mol. The van der Waals surface area contributed by atoms with E-state index in [1.807, 2.05) is 18.2 Å². The van der Waals surface area contributed by atoms with Crippen LogP contribution in [0.1, 0.15) is 48.0 Å². The maximum absolute atomic E-state index is 13.3. The number of fused-ring (bicyclic) bond motifs is 1. The van der Waals surface area contributed by atoms with E-state index in [0.29, 0.717) is 37.3 Å². The molecule has 174 valence electrons. The molecule has 2 aliphatic rings. The second kappa shape index (κ2) is 8.80. The molecular weight excluding hydrogens is 432 g/mol. The second-order valence-corrected chi connectivity index (χ2v) is 8.84. The Morgan fingerprint density at radius 3 is 2.79 bits per heavy atom. The third-order valence-electron chi connectivity index (χ3n) is 6.39. The van der Waals surface area contributed by atoms with Gasteiger partial charge < -0.3 is 25.6 Å². The van der Waals surface area contributed by atoms with Crippen LogP contribution in [0.4, 0.5) is 5.95 Å². The SMILES string of the molecule is Nc1nccc(-n2cc(C(=O)N3CCNC(=O)C3)c3ccc(C#CC4(O)CCCCC4)cc32)n1. The lowest BCUT2D eigenvalue weighted by Gasteiger charge is -2.26. The number of nitrogens with zero attached hydrogens (tertiary/aromatic N) is 4. The lowest BCUT2D eigenvalue weighted by Crippen LogP contribution is -2.49. The monoisotopic (exact) mass is 458 g/mol. The molecule has 34 heavy (non-hydrogen) atoms. The normalized spacial score (nSPS) is 17.7. The summed E-state index contributed by atoms with van der Waals surface area (Å²) < 4.78 is 1.78. The number of carbonyl (C=O) groups excluding carboxylic acids is 2. The molecule has 1 saturated carbocycles. The number of nitrogens with two attached hydrogens (primary N) is 1. The van der Waals surface area contributed by atoms with Crippen molar-refractivity contribution in [3.63, 3.8) is 0 Å². The molecule has 0 radical (unpaired) electrons. The van der Waals surface area contributed by atoms with Crippen LogP contribution in [0.25, 0.3) is 16.7 Å². The summed E-state index contributed by atoms with van der Waals surface area (Å²) in [7, 11) is 0. The van der Waals surface area contributed by atoms with Gasteiger partial charge in [-0.05, 0) is 43.9 Å². The van der Waals surface area contributed by atoms with E-state index in [9.17, 15) is 14.7 Å². The smallest absolute Gasteiger partial charge is 0.256 e. The largest absolute Gasteiger partial charge is 0.378 e. The quantitative estimate of drug-likeness (QED) is 0.501. The summed E-state index contributed by atoms with van der Waals surface area (Å²) >= 11 is 0. The summed E-state index contributed by atoms with van der Waals surface area (Å²) in [6.45, 7) is 0.891. The summed E-state index contributed by atoms with van der Waals surface area (Å²) in [5.41, 5.74) is 6.77. The van der Waals surface area contributed by atoms with Crippen LogP contribution in [-0.2, 0) is 4.79 Å². The number of benzene rings is 1. The molecule has 0 unspecified atom stereocenters. The zero-order valence-electron chi connectivity index (χ0n) is 18.8. The summed E-state index contributed by atoms with van der Waals surface area (Å²) in [6, 6.07) is 7.29. The molecule has 0 atom stereocenters. The number of aliphatic hydroxyl groups is 1. The van der Waals surface area contributed by atoms with Crippen molar-refractivity contribution in [1.29, 1.82) is 0 Å². The lowest BCUT2D eigenvalue weighted by atomic mass is 9.85. The summed E-state index contributed by atoms with van der Waals surface area (Å²) in [6.07, 6.45) is 7.71. The summed E-state index contributed by atoms with van der Waals surface area (Å²) in [5.74, 6) is 6.43. The van der Waals surface area contributed by atoms with E-state index >= 15 is 0 Å². The van der Waals surface area contributed by atoms with Gasteiger partial charge in [0.15, 0.2) is 0 Å². The first-order valence-electron chi connectivity index (χ1n) is 11.5. The minimum atomic E-state index is -0.952. The maximum atomic E-state index is 13.3. The average Bonchev–Trinajstić information content (AvgIpc) is 3.22. The molecule has 2 fully saturated rings. The molecular formula is C25H26N6O3. The van der Waals surface area contributed by atoms with Gasteiger partial charge in [-0.1, -0.05) is 24.3 Å². The van der Waals surface area contributed by atoms with E-state index in [4.69, 9.17) is 5.73 Å². The van der Waals surface area contributed by atoms with Crippen molar-refractivity contribution in [2.45, 2.75) is 37.7 Å². The van der Waals surface area contributed by atoms with Crippen molar-refractivity contribution in [3.05, 3.63) is 47.8 Å². The van der Waals surface area contributed by atoms with Crippen molar-refractivity contribution in [3.8, 4) is 17.7 Å². The topological polar surface area (TPSA) is 126 Å². The van der Waals surface area contributed by atoms with Gasteiger partial charge in [-0.2, -0.15) is 4.98 Å². The molecule has 1 aromatic carbocycles. The summed E-state index contributed by atoms with van der Waals surface area (Å²) in [5, 5.41) is 14.2. The highest BCUT2D eigenvalue weighted by molar-refractivity contribution is 6.08. The standard InChI is InChI=1S/C25H26N6O3/c26-24-28-11-7-21(29-24)31-15-19(23(33)30-13-12-27-22(32)16-30)18-5-4-17(14-20(18)31)6-10-25(34)8-2-1-3-9-25/h4-5,7,11,14-15,34H,1-3,8-9,12-13,16H2,(H,27,32)(H2,26,28,29). The number of nitrogen functional groups attached to an aromatic ring is 1. The van der Waals surface area contributed by atoms with Gasteiger partial charge in [0.05, 0.1) is 17.6 Å². The number of piperazine rings is 1. The molecule has 1 saturated heterocycles. The highest BCUT2D eigenvalue weighted by Crippen LogP contribution is 2.29. The number of rotatable bonds is 2. The first-order valence-corrected chi connectivity index (χ1v) is 11.5. The fourth-order valence-electron chi connectivity index (χ4n) is 4.60. The molecule has 3 aromatic rings. The minimum Gasteiger partial charge on any atom is -0.378 e. The molecule has 1 aliphatic heterocycles. The van der Waals surface area contributed by atoms with E-state index in [1.54, 1.807) is 27.9 Å². The minimum absolute atomic E-state index is 0.0219. The Morgan fingerprint density at radius 1 is 1.21 bits per heavy atom. The zero-order valence-corrected chi connectivity index (χ0v) is 18.8. The van der Waals surface area contributed by atoms with Crippen molar-refractivity contribution < 1.29 is 14.7 Å². The second-order valence-electron chi connectivity index (χ2n) is 8.84. The van der Waals surface area contributed by atoms with E-state index in [-0.39, 0.29) is 24.3 Å². The van der Waals surface area contributed by atoms with Crippen LogP contribution >= 0.6 is 0 Å². The van der Waals surface area contributed by atoms with Crippen LogP contribution in [0.2, 0.25) is 0 Å². The van der Waals surface area contributed by atoms with Gasteiger partial charge in [-0.25, -0.2) is 4.98 Å². The molecule has 2 aromatic heterocycles. The fourth-order valence-corrected chi connectivity index (χ4v) is 4.60. The van der Waals surface area contributed by atoms with Crippen LogP contribution in [0.3, 0.4) is 0 Å². The Hall–Kier alpha value is -3.90. The van der Waals surface area contributed by atoms with Crippen LogP contribution in [0, 0.1) is 11.8 Å². The Kier molecular flexibility index (Phi) is 5.67. The van der Waals surface area contributed by atoms with Crippen molar-refractivity contribution in [2.75, 3.05) is 25.4 Å². The molecule has 2 amide bonds. The van der Waals surface area contributed by atoms with Gasteiger partial charge in [-0.3, -0.25) is 9.59 Å². The zero-order chi connectivity index (χ0) is 23.7. The highest BCUT2D eigenvalue weighted by atomic mass is 16.3. The maximum Gasteiger partial charge on any atom is 0.256 e. The predicted molar refractivity (Wildman–Crippen MR) is 127 cm³/mol. The van der Waals surface area contributed by atoms with Gasteiger partial charge in [0, 0.05) is 36.4 Å². The number of carbonyl (C=O) groups is 2. The number of hydrogen-bond acceptors (Lipinski definition) is 6. The molecule has 9 heteroatoms. The number of hydrogen-bond donors (Lipinski definition) is 3. The molecule has 5 rings (SSSR count). The number of aromatic nitrogens is 3. The lowest BCUT2D eigenvalue weighted by molar-refractivity contribution is -0.123. The molecule has 0 bridgehead atoms. The van der Waals surface area contributed by atoms with E-state index < -0.39 is 5.60 Å². The number of anilines is 1. The van der Waals surface area contributed by atoms with Crippen LogP contribution in [0.15, 0.2) is 36.7 Å². The van der Waals surface area contributed by atoms with Gasteiger partial charge in [0.25, 0.3) is 5.91 Å². The van der Waals surface area contributed by atoms with Gasteiger partial charge in [-0.15, -0.1) is 0 Å². The third-order valence-corrected chi connectivity index (χ3v) is 6.39. The third kappa shape index (κ3) is 4.32. The Balaban J connectivity index is 1.59. The van der Waals surface area contributed by atoms with E-state index in [1.165, 1.54) is 0 Å². The first kappa shape index (κ1) is 21.9. The molecule has 3 heterocycles. The number of nitrogens with one attached hydrogen (secondary N) is 1. The fraction of sp³-hybridized carbons (Fsp3) is 0.360. The van der Waals surface area contributed by atoms with Crippen molar-refractivity contribution in [2.24, 2.45) is 0 Å². The molecule has 4 N–H and O–H groups in total. The molecule has 1 aliphatic carbocycles. The van der Waals surface area contributed by atoms with Gasteiger partial charge in [0.2, 0.25) is 11.9 Å². The first-order chi connectivity index (χ1) is 16.4. The highest BCUT2D eigenvalue weighted by Gasteiger charge is 2.27. The van der Waals surface area contributed by atoms with Crippen molar-refractivity contribution in [1.82, 2.24) is 24.8 Å². The predicted octanol–water partition coefficient (Wildman–Crippen LogP) is 1.62. The number of amides is 2. The van der Waals surface area contributed by atoms with E-state index in [2.05, 4.69) is 27.1 Å². The van der Waals surface area contributed by atoms with Crippen LogP contribution < -0.4 is 11.1 Å². The summed E-state index contributed by atoms with van der Waals surface area (Å²) in [4.78, 5) is 35.0. The van der Waals surface area contributed by atoms with Gasteiger partial charge >= 0.3 is 0 Å². The Morgan fingerprint density at radius 2 is 2.03 bits per heavy atom. The molecule has 0 spiro atoms. The van der Waals surface area contributed by atoms with Crippen LogP contribution in [0.5, 0.6) is 0 Å². The molecule has 9 nitrogen and oxygen atoms in total. The Bertz CT molecular complexity index is 1330. The van der Waals surface area contributed by atoms with E-state index in [0.717, 1.165) is 35.7 Å².